The number of aromatic nitrogens is 1. The first-order valence-electron chi connectivity index (χ1n) is 13.3. The van der Waals surface area contributed by atoms with Crippen molar-refractivity contribution < 1.29 is 34.5 Å². The van der Waals surface area contributed by atoms with Crippen LogP contribution in [0.15, 0.2) is 54.7 Å². The van der Waals surface area contributed by atoms with Crippen LogP contribution >= 0.6 is 0 Å². The zero-order chi connectivity index (χ0) is 30.3. The Morgan fingerprint density at radius 1 is 0.854 bits per heavy atom. The Balaban J connectivity index is 1.91. The SMILES string of the molecule is CC(C)C(N)C(=O)NC(Cc1c[nH]c2ccccc12)C(=O)NC(Cc1ccc(O)cc1)C(=O)NC(C(=O)O)C(C)O. The van der Waals surface area contributed by atoms with Gasteiger partial charge in [0.15, 0.2) is 6.04 Å². The van der Waals surface area contributed by atoms with Crippen LogP contribution in [0.3, 0.4) is 0 Å². The second kappa shape index (κ2) is 13.8. The molecular formula is C29H37N5O7. The van der Waals surface area contributed by atoms with Gasteiger partial charge in [-0.05, 0) is 42.2 Å². The first-order chi connectivity index (χ1) is 19.4. The number of phenols is 1. The lowest BCUT2D eigenvalue weighted by atomic mass is 10.00. The van der Waals surface area contributed by atoms with E-state index in [9.17, 15) is 34.5 Å². The van der Waals surface area contributed by atoms with Crippen molar-refractivity contribution in [2.45, 2.75) is 63.9 Å². The van der Waals surface area contributed by atoms with E-state index in [-0.39, 0.29) is 24.5 Å². The van der Waals surface area contributed by atoms with E-state index in [1.54, 1.807) is 32.2 Å². The molecule has 5 unspecified atom stereocenters. The van der Waals surface area contributed by atoms with E-state index in [0.29, 0.717) is 5.56 Å². The highest BCUT2D eigenvalue weighted by Gasteiger charge is 2.32. The van der Waals surface area contributed by atoms with Crippen LogP contribution in [-0.2, 0) is 32.0 Å². The number of carboxylic acid groups (broad SMARTS) is 1. The van der Waals surface area contributed by atoms with Crippen LogP contribution < -0.4 is 21.7 Å². The van der Waals surface area contributed by atoms with Gasteiger partial charge in [-0.25, -0.2) is 4.79 Å². The largest absolute Gasteiger partial charge is 0.508 e. The summed E-state index contributed by atoms with van der Waals surface area (Å²) in [4.78, 5) is 54.6. The number of H-pyrrole nitrogens is 1. The van der Waals surface area contributed by atoms with Gasteiger partial charge < -0.3 is 42.0 Å². The molecule has 5 atom stereocenters. The third-order valence-electron chi connectivity index (χ3n) is 6.81. The zero-order valence-electron chi connectivity index (χ0n) is 23.1. The molecule has 0 aliphatic rings. The van der Waals surface area contributed by atoms with E-state index in [1.165, 1.54) is 19.1 Å². The number of fused-ring (bicyclic) bond motifs is 1. The quantitative estimate of drug-likeness (QED) is 0.146. The summed E-state index contributed by atoms with van der Waals surface area (Å²) < 4.78 is 0. The van der Waals surface area contributed by atoms with E-state index < -0.39 is 54.0 Å². The predicted molar refractivity (Wildman–Crippen MR) is 152 cm³/mol. The van der Waals surface area contributed by atoms with Gasteiger partial charge in [0.05, 0.1) is 12.1 Å². The number of aliphatic carboxylic acids is 1. The first kappa shape index (κ1) is 31.1. The molecule has 12 nitrogen and oxygen atoms in total. The number of hydrogen-bond donors (Lipinski definition) is 8. The van der Waals surface area contributed by atoms with E-state index >= 15 is 0 Å². The number of phenolic OH excluding ortho intramolecular Hbond substituents is 1. The molecule has 220 valence electrons. The number of nitrogens with one attached hydrogen (secondary N) is 4. The molecule has 1 heterocycles. The number of aromatic hydroxyl groups is 1. The van der Waals surface area contributed by atoms with Crippen molar-refractivity contribution in [1.82, 2.24) is 20.9 Å². The van der Waals surface area contributed by atoms with Gasteiger partial charge in [-0.15, -0.1) is 0 Å². The van der Waals surface area contributed by atoms with Crippen molar-refractivity contribution in [3.63, 3.8) is 0 Å². The molecule has 0 aliphatic heterocycles. The zero-order valence-corrected chi connectivity index (χ0v) is 23.1. The minimum absolute atomic E-state index is 0.00169. The Labute approximate surface area is 237 Å². The lowest BCUT2D eigenvalue weighted by molar-refractivity contribution is -0.145. The molecule has 0 spiro atoms. The summed E-state index contributed by atoms with van der Waals surface area (Å²) in [6.07, 6.45) is 0.336. The average Bonchev–Trinajstić information content (AvgIpc) is 3.33. The summed E-state index contributed by atoms with van der Waals surface area (Å²) in [5.41, 5.74) is 8.19. The fraction of sp³-hybridized carbons (Fsp3) is 0.379. The molecule has 0 saturated carbocycles. The average molecular weight is 568 g/mol. The minimum atomic E-state index is -1.62. The van der Waals surface area contributed by atoms with Gasteiger partial charge in [-0.1, -0.05) is 44.2 Å². The molecule has 3 aromatic rings. The van der Waals surface area contributed by atoms with Crippen LogP contribution in [0.1, 0.15) is 31.9 Å². The molecule has 0 radical (unpaired) electrons. The number of benzene rings is 2. The Morgan fingerprint density at radius 3 is 2.05 bits per heavy atom. The number of aliphatic hydroxyl groups excluding tert-OH is 1. The molecule has 3 amide bonds. The highest BCUT2D eigenvalue weighted by atomic mass is 16.4. The molecule has 41 heavy (non-hydrogen) atoms. The van der Waals surface area contributed by atoms with Gasteiger partial charge in [0.25, 0.3) is 0 Å². The van der Waals surface area contributed by atoms with Crippen LogP contribution in [0, 0.1) is 5.92 Å². The van der Waals surface area contributed by atoms with Crippen molar-refractivity contribution >= 4 is 34.6 Å². The number of carbonyl (C=O) groups excluding carboxylic acids is 3. The van der Waals surface area contributed by atoms with Crippen LogP contribution in [0.2, 0.25) is 0 Å². The lowest BCUT2D eigenvalue weighted by Crippen LogP contribution is -2.59. The molecule has 0 bridgehead atoms. The highest BCUT2D eigenvalue weighted by Crippen LogP contribution is 2.20. The fourth-order valence-electron chi connectivity index (χ4n) is 4.29. The van der Waals surface area contributed by atoms with Gasteiger partial charge in [-0.3, -0.25) is 14.4 Å². The number of hydrogen-bond acceptors (Lipinski definition) is 7. The number of rotatable bonds is 13. The lowest BCUT2D eigenvalue weighted by Gasteiger charge is -2.26. The summed E-state index contributed by atoms with van der Waals surface area (Å²) in [7, 11) is 0. The summed E-state index contributed by atoms with van der Waals surface area (Å²) in [5, 5.41) is 37.4. The number of nitrogens with two attached hydrogens (primary N) is 1. The molecule has 0 aliphatic carbocycles. The number of aliphatic hydroxyl groups is 1. The van der Waals surface area contributed by atoms with Crippen LogP contribution in [0.4, 0.5) is 0 Å². The summed E-state index contributed by atoms with van der Waals surface area (Å²) in [6.45, 7) is 4.77. The molecule has 1 aromatic heterocycles. The van der Waals surface area contributed by atoms with Crippen molar-refractivity contribution in [1.29, 1.82) is 0 Å². The number of amides is 3. The van der Waals surface area contributed by atoms with E-state index in [4.69, 9.17) is 5.73 Å². The third-order valence-corrected chi connectivity index (χ3v) is 6.81. The maximum Gasteiger partial charge on any atom is 0.328 e. The smallest absolute Gasteiger partial charge is 0.328 e. The standard InChI is InChI=1S/C29H37N5O7/c1-15(2)24(30)28(39)33-23(13-18-14-31-21-7-5-4-6-20(18)21)26(37)32-22(12-17-8-10-19(36)11-9-17)27(38)34-25(16(3)35)29(40)41/h4-11,14-16,22-25,31,35-36H,12-13,30H2,1-3H3,(H,32,37)(H,33,39)(H,34,38)(H,40,41). The summed E-state index contributed by atoms with van der Waals surface area (Å²) >= 11 is 0. The number of carboxylic acids is 1. The Bertz CT molecular complexity index is 1370. The molecule has 0 fully saturated rings. The Hall–Kier alpha value is -4.42. The van der Waals surface area contributed by atoms with E-state index in [0.717, 1.165) is 16.5 Å². The van der Waals surface area contributed by atoms with Crippen molar-refractivity contribution in [2.75, 3.05) is 0 Å². The van der Waals surface area contributed by atoms with Gasteiger partial charge in [0, 0.05) is 29.9 Å². The van der Waals surface area contributed by atoms with E-state index in [2.05, 4.69) is 20.9 Å². The molecule has 3 rings (SSSR count). The molecule has 12 heteroatoms. The second-order valence-electron chi connectivity index (χ2n) is 10.4. The normalized spacial score (nSPS) is 15.0. The topological polar surface area (TPSA) is 207 Å². The maximum absolute atomic E-state index is 13.7. The van der Waals surface area contributed by atoms with Gasteiger partial charge in [0.2, 0.25) is 17.7 Å². The number of para-hydroxylation sites is 1. The highest BCUT2D eigenvalue weighted by molar-refractivity contribution is 5.95. The van der Waals surface area contributed by atoms with Crippen LogP contribution in [-0.4, -0.2) is 74.3 Å². The van der Waals surface area contributed by atoms with Crippen molar-refractivity contribution in [3.05, 3.63) is 65.9 Å². The van der Waals surface area contributed by atoms with Gasteiger partial charge in [-0.2, -0.15) is 0 Å². The summed E-state index contributed by atoms with van der Waals surface area (Å²) in [5.74, 6) is -3.73. The predicted octanol–water partition coefficient (Wildman–Crippen LogP) is 0.562. The van der Waals surface area contributed by atoms with Crippen LogP contribution in [0.25, 0.3) is 10.9 Å². The number of aromatic amines is 1. The van der Waals surface area contributed by atoms with Crippen molar-refractivity contribution in [2.24, 2.45) is 11.7 Å². The third kappa shape index (κ3) is 8.29. The maximum atomic E-state index is 13.7. The second-order valence-corrected chi connectivity index (χ2v) is 10.4. The molecule has 2 aromatic carbocycles. The molecule has 9 N–H and O–H groups in total. The van der Waals surface area contributed by atoms with Crippen molar-refractivity contribution in [3.8, 4) is 5.75 Å². The van der Waals surface area contributed by atoms with Gasteiger partial charge in [0.1, 0.15) is 17.8 Å². The Morgan fingerprint density at radius 2 is 1.44 bits per heavy atom. The fourth-order valence-corrected chi connectivity index (χ4v) is 4.29. The minimum Gasteiger partial charge on any atom is -0.508 e. The van der Waals surface area contributed by atoms with E-state index in [1.807, 2.05) is 24.3 Å². The van der Waals surface area contributed by atoms with Crippen LogP contribution in [0.5, 0.6) is 5.75 Å². The summed E-state index contributed by atoms with van der Waals surface area (Å²) in [6, 6.07) is 8.48. The molecule has 0 saturated heterocycles. The number of carbonyl (C=O) groups is 4. The van der Waals surface area contributed by atoms with Gasteiger partial charge >= 0.3 is 5.97 Å². The monoisotopic (exact) mass is 567 g/mol. The first-order valence-corrected chi connectivity index (χ1v) is 13.3. The molecular weight excluding hydrogens is 530 g/mol. The Kier molecular flexibility index (Phi) is 10.5.